The molecule has 1 aliphatic heterocycles. The first-order chi connectivity index (χ1) is 9.24. The summed E-state index contributed by atoms with van der Waals surface area (Å²) in [5.74, 6) is 0.395. The second-order valence-electron chi connectivity index (χ2n) is 4.71. The van der Waals surface area contributed by atoms with E-state index >= 15 is 0 Å². The van der Waals surface area contributed by atoms with Gasteiger partial charge in [0.2, 0.25) is 5.91 Å². The first-order valence-electron chi connectivity index (χ1n) is 6.31. The van der Waals surface area contributed by atoms with Crippen LogP contribution in [0.5, 0.6) is 0 Å². The Morgan fingerprint density at radius 2 is 2.00 bits per heavy atom. The smallest absolute Gasteiger partial charge is 0.248 e. The summed E-state index contributed by atoms with van der Waals surface area (Å²) in [7, 11) is 0. The van der Waals surface area contributed by atoms with Crippen molar-refractivity contribution in [3.63, 3.8) is 0 Å². The minimum absolute atomic E-state index is 0.416. The fraction of sp³-hybridized carbons (Fsp3) is 0.200. The highest BCUT2D eigenvalue weighted by Gasteiger charge is 2.17. The summed E-state index contributed by atoms with van der Waals surface area (Å²) in [6.45, 7) is 1.73. The first-order valence-corrected chi connectivity index (χ1v) is 6.31. The van der Waals surface area contributed by atoms with E-state index in [0.717, 1.165) is 25.3 Å². The van der Waals surface area contributed by atoms with Crippen LogP contribution in [-0.2, 0) is 13.0 Å². The molecule has 0 bridgehead atoms. The summed E-state index contributed by atoms with van der Waals surface area (Å²) in [5, 5.41) is 0. The molecular formula is C15H15N3O. The van der Waals surface area contributed by atoms with Crippen molar-refractivity contribution in [1.29, 1.82) is 0 Å². The number of pyridine rings is 1. The lowest BCUT2D eigenvalue weighted by atomic mass is 10.00. The number of benzene rings is 1. The van der Waals surface area contributed by atoms with Crippen LogP contribution < -0.4 is 10.6 Å². The Morgan fingerprint density at radius 1 is 1.21 bits per heavy atom. The fourth-order valence-electron chi connectivity index (χ4n) is 2.44. The highest BCUT2D eigenvalue weighted by molar-refractivity contribution is 5.93. The summed E-state index contributed by atoms with van der Waals surface area (Å²) >= 11 is 0. The highest BCUT2D eigenvalue weighted by atomic mass is 16.1. The van der Waals surface area contributed by atoms with Crippen LogP contribution in [0.4, 0.5) is 5.82 Å². The molecule has 0 saturated heterocycles. The first kappa shape index (κ1) is 11.7. The van der Waals surface area contributed by atoms with Crippen LogP contribution in [0, 0.1) is 0 Å². The normalized spacial score (nSPS) is 14.0. The molecule has 2 N–H and O–H groups in total. The van der Waals surface area contributed by atoms with Gasteiger partial charge in [-0.15, -0.1) is 0 Å². The van der Waals surface area contributed by atoms with E-state index in [1.54, 1.807) is 18.3 Å². The van der Waals surface area contributed by atoms with E-state index in [0.29, 0.717) is 5.56 Å². The standard InChI is InChI=1S/C15H15N3O/c16-15(19)12-5-7-17-14(9-12)18-8-6-11-3-1-2-4-13(11)10-18/h1-5,7,9H,6,8,10H2,(H2,16,19). The molecule has 0 fully saturated rings. The number of hydrogen-bond donors (Lipinski definition) is 1. The number of primary amides is 1. The van der Waals surface area contributed by atoms with Crippen molar-refractivity contribution in [3.8, 4) is 0 Å². The largest absolute Gasteiger partial charge is 0.366 e. The van der Waals surface area contributed by atoms with Gasteiger partial charge < -0.3 is 10.6 Å². The van der Waals surface area contributed by atoms with Crippen molar-refractivity contribution in [3.05, 3.63) is 59.3 Å². The van der Waals surface area contributed by atoms with Crippen LogP contribution in [0.25, 0.3) is 0 Å². The summed E-state index contributed by atoms with van der Waals surface area (Å²) in [4.78, 5) is 17.7. The average Bonchev–Trinajstić information content (AvgIpc) is 2.47. The number of hydrogen-bond acceptors (Lipinski definition) is 3. The van der Waals surface area contributed by atoms with Gasteiger partial charge >= 0.3 is 0 Å². The third-order valence-corrected chi connectivity index (χ3v) is 3.48. The topological polar surface area (TPSA) is 59.2 Å². The lowest BCUT2D eigenvalue weighted by molar-refractivity contribution is 0.1000. The lowest BCUT2D eigenvalue weighted by Gasteiger charge is -2.29. The van der Waals surface area contributed by atoms with Crippen molar-refractivity contribution >= 4 is 11.7 Å². The second-order valence-corrected chi connectivity index (χ2v) is 4.71. The molecule has 1 aromatic carbocycles. The van der Waals surface area contributed by atoms with E-state index in [4.69, 9.17) is 5.73 Å². The number of nitrogens with zero attached hydrogens (tertiary/aromatic N) is 2. The quantitative estimate of drug-likeness (QED) is 0.887. The van der Waals surface area contributed by atoms with Crippen LogP contribution in [0.1, 0.15) is 21.5 Å². The van der Waals surface area contributed by atoms with Gasteiger partial charge in [0.15, 0.2) is 0 Å². The van der Waals surface area contributed by atoms with Crippen LogP contribution in [0.3, 0.4) is 0 Å². The van der Waals surface area contributed by atoms with Gasteiger partial charge in [0.05, 0.1) is 0 Å². The molecule has 2 heterocycles. The van der Waals surface area contributed by atoms with E-state index in [2.05, 4.69) is 34.1 Å². The van der Waals surface area contributed by atoms with E-state index in [1.807, 2.05) is 0 Å². The summed E-state index contributed by atoms with van der Waals surface area (Å²) in [5.41, 5.74) is 8.52. The number of carbonyl (C=O) groups is 1. The number of anilines is 1. The second kappa shape index (κ2) is 4.72. The maximum atomic E-state index is 11.2. The van der Waals surface area contributed by atoms with Gasteiger partial charge in [0.25, 0.3) is 0 Å². The zero-order valence-electron chi connectivity index (χ0n) is 10.5. The van der Waals surface area contributed by atoms with Crippen molar-refractivity contribution in [2.24, 2.45) is 5.73 Å². The van der Waals surface area contributed by atoms with Gasteiger partial charge in [-0.1, -0.05) is 24.3 Å². The molecule has 19 heavy (non-hydrogen) atoms. The van der Waals surface area contributed by atoms with Crippen molar-refractivity contribution in [1.82, 2.24) is 4.98 Å². The maximum absolute atomic E-state index is 11.2. The molecule has 2 aromatic rings. The van der Waals surface area contributed by atoms with Gasteiger partial charge in [0, 0.05) is 24.8 Å². The fourth-order valence-corrected chi connectivity index (χ4v) is 2.44. The number of rotatable bonds is 2. The molecule has 4 nitrogen and oxygen atoms in total. The van der Waals surface area contributed by atoms with E-state index in [-0.39, 0.29) is 0 Å². The van der Waals surface area contributed by atoms with Gasteiger partial charge in [0.1, 0.15) is 5.82 Å². The predicted molar refractivity (Wildman–Crippen MR) is 74.0 cm³/mol. The summed E-state index contributed by atoms with van der Waals surface area (Å²) < 4.78 is 0. The minimum Gasteiger partial charge on any atom is -0.366 e. The number of aromatic nitrogens is 1. The molecule has 0 unspecified atom stereocenters. The number of nitrogens with two attached hydrogens (primary N) is 1. The molecule has 3 rings (SSSR count). The molecule has 0 spiro atoms. The molecule has 0 atom stereocenters. The Morgan fingerprint density at radius 3 is 2.79 bits per heavy atom. The van der Waals surface area contributed by atoms with Crippen LogP contribution in [0.15, 0.2) is 42.6 Å². The summed E-state index contributed by atoms with van der Waals surface area (Å²) in [6.07, 6.45) is 2.63. The Hall–Kier alpha value is -2.36. The predicted octanol–water partition coefficient (Wildman–Crippen LogP) is 1.74. The van der Waals surface area contributed by atoms with Crippen molar-refractivity contribution in [2.75, 3.05) is 11.4 Å². The van der Waals surface area contributed by atoms with Crippen LogP contribution >= 0.6 is 0 Å². The van der Waals surface area contributed by atoms with E-state index in [1.165, 1.54) is 11.1 Å². The molecular weight excluding hydrogens is 238 g/mol. The Bertz CT molecular complexity index is 624. The van der Waals surface area contributed by atoms with Crippen molar-refractivity contribution in [2.45, 2.75) is 13.0 Å². The third-order valence-electron chi connectivity index (χ3n) is 3.48. The average molecular weight is 253 g/mol. The molecule has 0 radical (unpaired) electrons. The zero-order chi connectivity index (χ0) is 13.2. The number of amides is 1. The zero-order valence-corrected chi connectivity index (χ0v) is 10.5. The minimum atomic E-state index is -0.416. The van der Waals surface area contributed by atoms with E-state index in [9.17, 15) is 4.79 Å². The molecule has 4 heteroatoms. The monoisotopic (exact) mass is 253 g/mol. The van der Waals surface area contributed by atoms with Crippen LogP contribution in [0.2, 0.25) is 0 Å². The molecule has 1 amide bonds. The van der Waals surface area contributed by atoms with Crippen LogP contribution in [-0.4, -0.2) is 17.4 Å². The van der Waals surface area contributed by atoms with Crippen molar-refractivity contribution < 1.29 is 4.79 Å². The SMILES string of the molecule is NC(=O)c1ccnc(N2CCc3ccccc3C2)c1. The van der Waals surface area contributed by atoms with Gasteiger partial charge in [-0.05, 0) is 29.7 Å². The van der Waals surface area contributed by atoms with Gasteiger partial charge in [-0.25, -0.2) is 4.98 Å². The molecule has 1 aromatic heterocycles. The summed E-state index contributed by atoms with van der Waals surface area (Å²) in [6, 6.07) is 11.8. The van der Waals surface area contributed by atoms with Gasteiger partial charge in [-0.2, -0.15) is 0 Å². The maximum Gasteiger partial charge on any atom is 0.248 e. The number of fused-ring (bicyclic) bond motifs is 1. The lowest BCUT2D eigenvalue weighted by Crippen LogP contribution is -2.31. The Balaban J connectivity index is 1.89. The molecule has 0 saturated carbocycles. The highest BCUT2D eigenvalue weighted by Crippen LogP contribution is 2.23. The Kier molecular flexibility index (Phi) is 2.91. The third kappa shape index (κ3) is 2.29. The van der Waals surface area contributed by atoms with E-state index < -0.39 is 5.91 Å². The number of carbonyl (C=O) groups excluding carboxylic acids is 1. The van der Waals surface area contributed by atoms with Gasteiger partial charge in [-0.3, -0.25) is 4.79 Å². The Labute approximate surface area is 111 Å². The molecule has 1 aliphatic rings. The molecule has 0 aliphatic carbocycles. The molecule has 96 valence electrons.